The van der Waals surface area contributed by atoms with Crippen molar-refractivity contribution >= 4 is 17.8 Å². The van der Waals surface area contributed by atoms with Crippen LogP contribution in [0.5, 0.6) is 0 Å². The first-order valence-electron chi connectivity index (χ1n) is 29.2. The van der Waals surface area contributed by atoms with Gasteiger partial charge in [0.2, 0.25) is 5.91 Å². The third kappa shape index (κ3) is 39.6. The van der Waals surface area contributed by atoms with E-state index in [1.54, 1.807) is 0 Å². The fourth-order valence-corrected chi connectivity index (χ4v) is 9.46. The molecule has 7 nitrogen and oxygen atoms in total. The number of carbonyl (C=O) groups excluding carboxylic acids is 3. The lowest BCUT2D eigenvalue weighted by Gasteiger charge is -2.33. The normalized spacial score (nSPS) is 12.4. The number of nitrogens with zero attached hydrogens (tertiary/aromatic N) is 2. The molecule has 0 aromatic carbocycles. The van der Waals surface area contributed by atoms with Gasteiger partial charge in [-0.15, -0.1) is 0 Å². The predicted molar refractivity (Wildman–Crippen MR) is 281 cm³/mol. The van der Waals surface area contributed by atoms with E-state index in [1.807, 2.05) is 14.1 Å². The van der Waals surface area contributed by atoms with Crippen LogP contribution in [0.2, 0.25) is 0 Å². The summed E-state index contributed by atoms with van der Waals surface area (Å²) in [6.07, 6.45) is 40.2. The quantitative estimate of drug-likeness (QED) is 0.0447. The van der Waals surface area contributed by atoms with Crippen LogP contribution in [0.4, 0.5) is 8.78 Å². The lowest BCUT2D eigenvalue weighted by atomic mass is 9.97. The molecule has 398 valence electrons. The molecule has 1 atom stereocenters. The van der Waals surface area contributed by atoms with Gasteiger partial charge < -0.3 is 19.3 Å². The fraction of sp³-hybridized carbons (Fsp3) is 0.948. The molecule has 1 unspecified atom stereocenters. The molecule has 0 bridgehead atoms. The maximum Gasteiger partial charge on any atom is 0.377 e. The Morgan fingerprint density at radius 1 is 0.418 bits per heavy atom. The highest BCUT2D eigenvalue weighted by atomic mass is 19.3. The predicted octanol–water partition coefficient (Wildman–Crippen LogP) is 17.7. The topological polar surface area (TPSA) is 76.1 Å². The summed E-state index contributed by atoms with van der Waals surface area (Å²) in [5.74, 6) is -4.67. The SMILES string of the molecule is CCCCCCCCCCC(CCCCCCC(=O)OC(CCCCCC)CCCCCC)N(CCCCCCC(F)(F)C(=O)OC(CCCCCC)CCCCCC)C(=O)CCCN(C)C. The number of halogens is 2. The van der Waals surface area contributed by atoms with Gasteiger partial charge in [-0.2, -0.15) is 8.78 Å². The van der Waals surface area contributed by atoms with E-state index >= 15 is 8.78 Å². The molecule has 0 saturated heterocycles. The van der Waals surface area contributed by atoms with Crippen molar-refractivity contribution in [2.75, 3.05) is 27.2 Å². The van der Waals surface area contributed by atoms with Crippen LogP contribution >= 0.6 is 0 Å². The van der Waals surface area contributed by atoms with Crippen molar-refractivity contribution in [3.05, 3.63) is 0 Å². The molecule has 0 fully saturated rings. The fourth-order valence-electron chi connectivity index (χ4n) is 9.46. The van der Waals surface area contributed by atoms with Gasteiger partial charge >= 0.3 is 17.9 Å². The lowest BCUT2D eigenvalue weighted by Crippen LogP contribution is -2.41. The Labute approximate surface area is 414 Å². The monoisotopic (exact) mass is 955 g/mol. The average Bonchev–Trinajstić information content (AvgIpc) is 3.30. The minimum atomic E-state index is -3.48. The molecular weight excluding hydrogens is 843 g/mol. The van der Waals surface area contributed by atoms with Crippen LogP contribution in [0.15, 0.2) is 0 Å². The van der Waals surface area contributed by atoms with Gasteiger partial charge in [0, 0.05) is 31.8 Å². The van der Waals surface area contributed by atoms with Gasteiger partial charge in [0.25, 0.3) is 0 Å². The van der Waals surface area contributed by atoms with Crippen LogP contribution in [-0.2, 0) is 23.9 Å². The van der Waals surface area contributed by atoms with Crippen molar-refractivity contribution in [3.8, 4) is 0 Å². The number of amides is 1. The Kier molecular flexibility index (Phi) is 45.4. The standard InChI is InChI=1S/C58H112F2N2O5/c1-8-13-18-23-24-25-26-31-41-52(42-32-27-28-37-48-56(64)66-53(43-33-19-14-9-2)44-34-20-15-10-3)62(55(63)47-40-50-61(6)7)51-39-30-29-38-49-58(59,60)57(65)67-54(45-35-21-16-11-4)46-36-22-17-12-5/h52-54H,8-51H2,1-7H3. The van der Waals surface area contributed by atoms with Crippen LogP contribution in [0.25, 0.3) is 0 Å². The number of esters is 2. The summed E-state index contributed by atoms with van der Waals surface area (Å²) >= 11 is 0. The number of hydrogen-bond donors (Lipinski definition) is 0. The number of alkyl halides is 2. The minimum absolute atomic E-state index is 0.0447. The highest BCUT2D eigenvalue weighted by Crippen LogP contribution is 2.28. The molecule has 9 heteroatoms. The second kappa shape index (κ2) is 46.6. The third-order valence-electron chi connectivity index (χ3n) is 13.8. The summed E-state index contributed by atoms with van der Waals surface area (Å²) in [6.45, 7) is 12.5. The van der Waals surface area contributed by atoms with E-state index in [-0.39, 0.29) is 30.4 Å². The third-order valence-corrected chi connectivity index (χ3v) is 13.8. The molecule has 0 N–H and O–H groups in total. The second-order valence-electron chi connectivity index (χ2n) is 20.8. The molecule has 0 aliphatic carbocycles. The van der Waals surface area contributed by atoms with Gasteiger partial charge in [-0.05, 0) is 111 Å². The van der Waals surface area contributed by atoms with Gasteiger partial charge in [0.1, 0.15) is 12.2 Å². The maximum atomic E-state index is 15.2. The summed E-state index contributed by atoms with van der Waals surface area (Å²) in [5, 5.41) is 0. The lowest BCUT2D eigenvalue weighted by molar-refractivity contribution is -0.179. The summed E-state index contributed by atoms with van der Waals surface area (Å²) in [7, 11) is 4.08. The number of hydrogen-bond acceptors (Lipinski definition) is 6. The van der Waals surface area contributed by atoms with Crippen molar-refractivity contribution in [1.29, 1.82) is 0 Å². The van der Waals surface area contributed by atoms with Crippen molar-refractivity contribution in [2.45, 2.75) is 328 Å². The maximum absolute atomic E-state index is 15.2. The van der Waals surface area contributed by atoms with Gasteiger partial charge in [0.15, 0.2) is 0 Å². The van der Waals surface area contributed by atoms with Crippen molar-refractivity contribution in [1.82, 2.24) is 9.80 Å². The molecule has 0 spiro atoms. The van der Waals surface area contributed by atoms with E-state index in [4.69, 9.17) is 9.47 Å². The Hall–Kier alpha value is -1.77. The zero-order valence-corrected chi connectivity index (χ0v) is 45.5. The number of ether oxygens (including phenoxy) is 2. The van der Waals surface area contributed by atoms with Crippen molar-refractivity contribution in [3.63, 3.8) is 0 Å². The Balaban J connectivity index is 5.47. The van der Waals surface area contributed by atoms with Gasteiger partial charge in [-0.25, -0.2) is 4.79 Å². The molecular formula is C58H112F2N2O5. The molecule has 0 aliphatic rings. The summed E-state index contributed by atoms with van der Waals surface area (Å²) in [4.78, 5) is 44.1. The first kappa shape index (κ1) is 65.2. The van der Waals surface area contributed by atoms with E-state index in [9.17, 15) is 14.4 Å². The van der Waals surface area contributed by atoms with Crippen LogP contribution in [0, 0.1) is 0 Å². The van der Waals surface area contributed by atoms with Crippen LogP contribution < -0.4 is 0 Å². The van der Waals surface area contributed by atoms with Crippen molar-refractivity contribution < 1.29 is 32.6 Å². The average molecular weight is 956 g/mol. The number of carbonyl (C=O) groups is 3. The summed E-state index contributed by atoms with van der Waals surface area (Å²) in [6, 6.07) is 0.161. The van der Waals surface area contributed by atoms with Crippen molar-refractivity contribution in [2.24, 2.45) is 0 Å². The van der Waals surface area contributed by atoms with Crippen LogP contribution in [0.3, 0.4) is 0 Å². The smallest absolute Gasteiger partial charge is 0.377 e. The van der Waals surface area contributed by atoms with Gasteiger partial charge in [-0.1, -0.05) is 195 Å². The van der Waals surface area contributed by atoms with E-state index in [1.165, 1.54) is 83.5 Å². The largest absolute Gasteiger partial charge is 0.462 e. The first-order chi connectivity index (χ1) is 32.4. The molecule has 0 aliphatic heterocycles. The summed E-state index contributed by atoms with van der Waals surface area (Å²) in [5.41, 5.74) is 0. The zero-order valence-electron chi connectivity index (χ0n) is 45.5. The van der Waals surface area contributed by atoms with E-state index in [0.29, 0.717) is 38.6 Å². The second-order valence-corrected chi connectivity index (χ2v) is 20.8. The number of unbranched alkanes of at least 4 members (excludes halogenated alkanes) is 25. The first-order valence-corrected chi connectivity index (χ1v) is 29.2. The van der Waals surface area contributed by atoms with Gasteiger partial charge in [0.05, 0.1) is 0 Å². The van der Waals surface area contributed by atoms with E-state index in [2.05, 4.69) is 44.4 Å². The number of rotatable bonds is 51. The Bertz CT molecular complexity index is 1100. The Morgan fingerprint density at radius 2 is 0.791 bits per heavy atom. The molecule has 0 radical (unpaired) electrons. The van der Waals surface area contributed by atoms with Gasteiger partial charge in [-0.3, -0.25) is 9.59 Å². The summed E-state index contributed by atoms with van der Waals surface area (Å²) < 4.78 is 41.9. The van der Waals surface area contributed by atoms with Crippen LogP contribution in [-0.4, -0.2) is 79.0 Å². The van der Waals surface area contributed by atoms with Crippen LogP contribution in [0.1, 0.15) is 304 Å². The minimum Gasteiger partial charge on any atom is -0.462 e. The van der Waals surface area contributed by atoms with E-state index < -0.39 is 24.4 Å². The Morgan fingerprint density at radius 3 is 1.25 bits per heavy atom. The molecule has 0 heterocycles. The van der Waals surface area contributed by atoms with E-state index in [0.717, 1.165) is 148 Å². The molecule has 0 aromatic heterocycles. The molecule has 1 amide bonds. The molecule has 0 rings (SSSR count). The highest BCUT2D eigenvalue weighted by Gasteiger charge is 2.41. The highest BCUT2D eigenvalue weighted by molar-refractivity contribution is 5.77. The zero-order chi connectivity index (χ0) is 49.6. The molecule has 0 aromatic rings. The molecule has 0 saturated carbocycles. The molecule has 67 heavy (non-hydrogen) atoms.